The Kier molecular flexibility index (Phi) is 6.42. The van der Waals surface area contributed by atoms with Crippen LogP contribution in [0, 0.1) is 0 Å². The summed E-state index contributed by atoms with van der Waals surface area (Å²) in [6.07, 6.45) is -11.0. The van der Waals surface area contributed by atoms with Gasteiger partial charge in [-0.2, -0.15) is 43.9 Å². The number of alkyl halides is 10. The number of hydrogen-bond acceptors (Lipinski definition) is 2. The molecule has 0 aromatic carbocycles. The monoisotopic (exact) mass is 298 g/mol. The Bertz CT molecular complexity index is 216. The van der Waals surface area contributed by atoms with Gasteiger partial charge in [-0.15, -0.1) is 0 Å². The molecule has 0 aliphatic carbocycles. The molecule has 0 unspecified atom stereocenters. The summed E-state index contributed by atoms with van der Waals surface area (Å²) in [5.41, 5.74) is 8.24. The van der Waals surface area contributed by atoms with Crippen LogP contribution >= 0.6 is 0 Å². The molecule has 18 heavy (non-hydrogen) atoms. The minimum absolute atomic E-state index is 1.70. The average Bonchev–Trinajstić information content (AvgIpc) is 2.15. The molecule has 0 aliphatic rings. The Morgan fingerprint density at radius 1 is 0.500 bits per heavy atom. The van der Waals surface area contributed by atoms with E-state index in [4.69, 9.17) is 0 Å². The molecule has 4 N–H and O–H groups in total. The lowest BCUT2D eigenvalue weighted by Gasteiger charge is -2.16. The van der Waals surface area contributed by atoms with Crippen molar-refractivity contribution in [2.24, 2.45) is 11.5 Å². The largest absolute Gasteiger partial charge is 0.454 e. The molecule has 0 saturated heterocycles. The molecule has 0 bridgehead atoms. The third-order valence-electron chi connectivity index (χ3n) is 1.34. The molecule has 0 aromatic rings. The molecular weight excluding hydrogens is 290 g/mol. The molecule has 0 rings (SSSR count). The van der Waals surface area contributed by atoms with Gasteiger partial charge in [-0.3, -0.25) is 0 Å². The number of rotatable bonds is 2. The molecule has 0 heterocycles. The van der Waals surface area contributed by atoms with Crippen molar-refractivity contribution < 1.29 is 43.9 Å². The second kappa shape index (κ2) is 5.91. The molecule has 0 amide bonds. The van der Waals surface area contributed by atoms with Crippen LogP contribution in [0.5, 0.6) is 0 Å². The van der Waals surface area contributed by atoms with Crippen molar-refractivity contribution in [1.82, 2.24) is 0 Å². The lowest BCUT2D eigenvalue weighted by atomic mass is 10.3. The zero-order valence-corrected chi connectivity index (χ0v) is 8.35. The Morgan fingerprint density at radius 2 is 0.667 bits per heavy atom. The van der Waals surface area contributed by atoms with Gasteiger partial charge < -0.3 is 11.5 Å². The van der Waals surface area contributed by atoms with Crippen LogP contribution in [-0.4, -0.2) is 37.3 Å². The van der Waals surface area contributed by atoms with Gasteiger partial charge in [0.2, 0.25) is 0 Å². The SMILES string of the molecule is NCC(F)(F)C(F)(F)F.NCC(F)(F)C(F)(F)F. The summed E-state index contributed by atoms with van der Waals surface area (Å²) in [6.45, 7) is -3.40. The smallest absolute Gasteiger partial charge is 0.325 e. The molecule has 12 heteroatoms. The number of halogens is 10. The van der Waals surface area contributed by atoms with Gasteiger partial charge in [-0.25, -0.2) is 0 Å². The Hall–Kier alpha value is -0.780. The van der Waals surface area contributed by atoms with Crippen LogP contribution in [0.4, 0.5) is 43.9 Å². The van der Waals surface area contributed by atoms with Crippen molar-refractivity contribution >= 4 is 0 Å². The van der Waals surface area contributed by atoms with E-state index in [1.54, 1.807) is 0 Å². The highest BCUT2D eigenvalue weighted by Crippen LogP contribution is 2.34. The van der Waals surface area contributed by atoms with Gasteiger partial charge in [0.05, 0.1) is 13.1 Å². The van der Waals surface area contributed by atoms with Crippen molar-refractivity contribution in [3.63, 3.8) is 0 Å². The minimum Gasteiger partial charge on any atom is -0.325 e. The first kappa shape index (κ1) is 19.6. The zero-order chi connectivity index (χ0) is 15.4. The summed E-state index contributed by atoms with van der Waals surface area (Å²) in [5.74, 6) is -9.49. The van der Waals surface area contributed by atoms with Gasteiger partial charge in [0.1, 0.15) is 0 Å². The number of hydrogen-bond donors (Lipinski definition) is 2. The lowest BCUT2D eigenvalue weighted by molar-refractivity contribution is -0.276. The fourth-order valence-electron chi connectivity index (χ4n) is 0.231. The van der Waals surface area contributed by atoms with E-state index in [2.05, 4.69) is 11.5 Å². The normalized spacial score (nSPS) is 14.0. The van der Waals surface area contributed by atoms with Gasteiger partial charge in [-0.05, 0) is 0 Å². The highest BCUT2D eigenvalue weighted by atomic mass is 19.4. The Balaban J connectivity index is 0. The van der Waals surface area contributed by atoms with Crippen LogP contribution in [0.25, 0.3) is 0 Å². The molecule has 0 spiro atoms. The third kappa shape index (κ3) is 5.71. The first-order valence-corrected chi connectivity index (χ1v) is 3.91. The zero-order valence-electron chi connectivity index (χ0n) is 8.35. The fraction of sp³-hybridized carbons (Fsp3) is 1.00. The molecule has 0 atom stereocenters. The van der Waals surface area contributed by atoms with Crippen molar-refractivity contribution in [2.75, 3.05) is 13.1 Å². The third-order valence-corrected chi connectivity index (χ3v) is 1.34. The van der Waals surface area contributed by atoms with Gasteiger partial charge in [0.25, 0.3) is 0 Å². The van der Waals surface area contributed by atoms with Crippen LogP contribution < -0.4 is 11.5 Å². The van der Waals surface area contributed by atoms with Crippen LogP contribution in [0.2, 0.25) is 0 Å². The molecule has 0 aliphatic heterocycles. The highest BCUT2D eigenvalue weighted by Gasteiger charge is 2.56. The standard InChI is InChI=1S/2C3H4F5N/c2*4-2(5,1-9)3(6,7)8/h2*1,9H2. The van der Waals surface area contributed by atoms with Crippen LogP contribution in [0.1, 0.15) is 0 Å². The average molecular weight is 298 g/mol. The number of nitrogens with two attached hydrogens (primary N) is 2. The molecular formula is C6H8F10N2. The maximum absolute atomic E-state index is 11.4. The van der Waals surface area contributed by atoms with Crippen LogP contribution in [-0.2, 0) is 0 Å². The summed E-state index contributed by atoms with van der Waals surface area (Å²) in [7, 11) is 0. The quantitative estimate of drug-likeness (QED) is 0.769. The Morgan fingerprint density at radius 3 is 0.667 bits per heavy atom. The first-order chi connectivity index (χ1) is 7.62. The molecule has 0 radical (unpaired) electrons. The first-order valence-electron chi connectivity index (χ1n) is 3.91. The van der Waals surface area contributed by atoms with Gasteiger partial charge in [0.15, 0.2) is 0 Å². The van der Waals surface area contributed by atoms with E-state index in [0.29, 0.717) is 0 Å². The Labute approximate surface area is 93.9 Å². The van der Waals surface area contributed by atoms with E-state index in [1.807, 2.05) is 0 Å². The minimum atomic E-state index is -5.51. The van der Waals surface area contributed by atoms with Crippen LogP contribution in [0.3, 0.4) is 0 Å². The van der Waals surface area contributed by atoms with Crippen molar-refractivity contribution in [1.29, 1.82) is 0 Å². The predicted octanol–water partition coefficient (Wildman–Crippen LogP) is 2.29. The van der Waals surface area contributed by atoms with Crippen molar-refractivity contribution in [2.45, 2.75) is 24.2 Å². The fourth-order valence-corrected chi connectivity index (χ4v) is 0.231. The van der Waals surface area contributed by atoms with Gasteiger partial charge >= 0.3 is 24.2 Å². The van der Waals surface area contributed by atoms with E-state index in [0.717, 1.165) is 0 Å². The molecule has 2 nitrogen and oxygen atoms in total. The molecule has 0 saturated carbocycles. The van der Waals surface area contributed by atoms with E-state index < -0.39 is 37.3 Å². The van der Waals surface area contributed by atoms with Gasteiger partial charge in [-0.1, -0.05) is 0 Å². The summed E-state index contributed by atoms with van der Waals surface area (Å²) in [5, 5.41) is 0. The summed E-state index contributed by atoms with van der Waals surface area (Å²) >= 11 is 0. The van der Waals surface area contributed by atoms with E-state index in [1.165, 1.54) is 0 Å². The predicted molar refractivity (Wildman–Crippen MR) is 40.1 cm³/mol. The summed E-state index contributed by atoms with van der Waals surface area (Å²) in [4.78, 5) is 0. The molecule has 0 fully saturated rings. The second-order valence-electron chi connectivity index (χ2n) is 2.81. The maximum Gasteiger partial charge on any atom is 0.454 e. The second-order valence-corrected chi connectivity index (χ2v) is 2.81. The summed E-state index contributed by atoms with van der Waals surface area (Å²) in [6, 6.07) is 0. The highest BCUT2D eigenvalue weighted by molar-refractivity contribution is 4.76. The molecule has 0 aromatic heterocycles. The topological polar surface area (TPSA) is 52.0 Å². The van der Waals surface area contributed by atoms with Crippen molar-refractivity contribution in [3.05, 3.63) is 0 Å². The van der Waals surface area contributed by atoms with E-state index in [-0.39, 0.29) is 0 Å². The maximum atomic E-state index is 11.4. The van der Waals surface area contributed by atoms with E-state index in [9.17, 15) is 43.9 Å². The lowest BCUT2D eigenvalue weighted by Crippen LogP contribution is -2.42. The van der Waals surface area contributed by atoms with E-state index >= 15 is 0 Å². The van der Waals surface area contributed by atoms with Crippen LogP contribution in [0.15, 0.2) is 0 Å². The van der Waals surface area contributed by atoms with Gasteiger partial charge in [0, 0.05) is 0 Å². The molecule has 112 valence electrons. The summed E-state index contributed by atoms with van der Waals surface area (Å²) < 4.78 is 112. The van der Waals surface area contributed by atoms with Crippen molar-refractivity contribution in [3.8, 4) is 0 Å².